The highest BCUT2D eigenvalue weighted by molar-refractivity contribution is 7.47. The van der Waals surface area contributed by atoms with Gasteiger partial charge in [0, 0.05) is 19.4 Å². The molecule has 0 aliphatic carbocycles. The molecule has 0 aliphatic heterocycles. The Morgan fingerprint density at radius 3 is 1.71 bits per heavy atom. The fraction of sp³-hybridized carbons (Fsp3) is 0.875. The van der Waals surface area contributed by atoms with E-state index in [0.717, 1.165) is 19.3 Å². The quantitative estimate of drug-likeness (QED) is 0.0340. The highest BCUT2D eigenvalue weighted by Crippen LogP contribution is 2.43. The maximum atomic E-state index is 12.3. The fourth-order valence-corrected chi connectivity index (χ4v) is 5.20. The van der Waals surface area contributed by atoms with Gasteiger partial charge in [-0.15, -0.1) is 0 Å². The Bertz CT molecular complexity index is 719. The molecular weight excluding hydrogens is 557 g/mol. The lowest BCUT2D eigenvalue weighted by Crippen LogP contribution is -2.29. The van der Waals surface area contributed by atoms with Crippen LogP contribution in [0.25, 0.3) is 0 Å². The van der Waals surface area contributed by atoms with Gasteiger partial charge in [-0.1, -0.05) is 116 Å². The van der Waals surface area contributed by atoms with Crippen molar-refractivity contribution >= 4 is 19.8 Å². The van der Waals surface area contributed by atoms with E-state index in [1.54, 1.807) is 6.92 Å². The molecular formula is C32H62NO8P. The molecule has 248 valence electrons. The SMILES string of the molecule is CCCCCCCCCC/C=C\CCCCCCCCCCCC(=O)OC(COC(=O)CC)COP(=O)(O)OCCN. The van der Waals surface area contributed by atoms with Gasteiger partial charge in [-0.2, -0.15) is 0 Å². The summed E-state index contributed by atoms with van der Waals surface area (Å²) in [4.78, 5) is 33.4. The number of rotatable bonds is 31. The molecule has 0 heterocycles. The lowest BCUT2D eigenvalue weighted by Gasteiger charge is -2.19. The molecule has 0 rings (SSSR count). The molecule has 2 atom stereocenters. The van der Waals surface area contributed by atoms with Crippen LogP contribution in [-0.2, 0) is 32.7 Å². The molecule has 42 heavy (non-hydrogen) atoms. The summed E-state index contributed by atoms with van der Waals surface area (Å²) < 4.78 is 31.7. The molecule has 0 radical (unpaired) electrons. The molecule has 0 spiro atoms. The first-order valence-corrected chi connectivity index (χ1v) is 18.2. The van der Waals surface area contributed by atoms with Gasteiger partial charge in [-0.05, 0) is 32.1 Å². The fourth-order valence-electron chi connectivity index (χ4n) is 4.43. The van der Waals surface area contributed by atoms with Crippen LogP contribution >= 0.6 is 7.82 Å². The number of allylic oxidation sites excluding steroid dienone is 2. The topological polar surface area (TPSA) is 134 Å². The Hall–Kier alpha value is -1.25. The summed E-state index contributed by atoms with van der Waals surface area (Å²) >= 11 is 0. The molecule has 0 bridgehead atoms. The van der Waals surface area contributed by atoms with E-state index >= 15 is 0 Å². The highest BCUT2D eigenvalue weighted by Gasteiger charge is 2.25. The molecule has 9 nitrogen and oxygen atoms in total. The van der Waals surface area contributed by atoms with E-state index in [0.29, 0.717) is 6.42 Å². The summed E-state index contributed by atoms with van der Waals surface area (Å²) in [6.45, 7) is 3.11. The van der Waals surface area contributed by atoms with E-state index in [2.05, 4.69) is 23.6 Å². The molecule has 0 fully saturated rings. The first-order valence-electron chi connectivity index (χ1n) is 16.7. The van der Waals surface area contributed by atoms with Crippen molar-refractivity contribution in [1.82, 2.24) is 0 Å². The van der Waals surface area contributed by atoms with Gasteiger partial charge in [0.15, 0.2) is 6.10 Å². The number of unbranched alkanes of at least 4 members (excludes halogenated alkanes) is 17. The maximum Gasteiger partial charge on any atom is 0.472 e. The summed E-state index contributed by atoms with van der Waals surface area (Å²) in [6.07, 6.45) is 27.8. The summed E-state index contributed by atoms with van der Waals surface area (Å²) in [5.41, 5.74) is 5.26. The molecule has 0 saturated carbocycles. The van der Waals surface area contributed by atoms with Crippen molar-refractivity contribution < 1.29 is 37.6 Å². The van der Waals surface area contributed by atoms with Gasteiger partial charge in [-0.3, -0.25) is 18.6 Å². The van der Waals surface area contributed by atoms with Gasteiger partial charge in [-0.25, -0.2) is 4.57 Å². The van der Waals surface area contributed by atoms with Crippen molar-refractivity contribution in [2.45, 2.75) is 155 Å². The average Bonchev–Trinajstić information content (AvgIpc) is 2.98. The second kappa shape index (κ2) is 29.8. The zero-order valence-electron chi connectivity index (χ0n) is 26.7. The minimum atomic E-state index is -4.33. The molecule has 0 aromatic rings. The Morgan fingerprint density at radius 2 is 1.21 bits per heavy atom. The van der Waals surface area contributed by atoms with Crippen molar-refractivity contribution in [2.75, 3.05) is 26.4 Å². The summed E-state index contributed by atoms with van der Waals surface area (Å²) in [5.74, 6) is -0.928. The smallest absolute Gasteiger partial charge is 0.462 e. The summed E-state index contributed by atoms with van der Waals surface area (Å²) in [5, 5.41) is 0. The van der Waals surface area contributed by atoms with Gasteiger partial charge in [0.05, 0.1) is 13.2 Å². The van der Waals surface area contributed by atoms with E-state index < -0.39 is 32.5 Å². The van der Waals surface area contributed by atoms with Gasteiger partial charge in [0.2, 0.25) is 0 Å². The van der Waals surface area contributed by atoms with Crippen LogP contribution < -0.4 is 5.73 Å². The van der Waals surface area contributed by atoms with Crippen molar-refractivity contribution in [1.29, 1.82) is 0 Å². The molecule has 0 amide bonds. The third-order valence-corrected chi connectivity index (χ3v) is 7.94. The van der Waals surface area contributed by atoms with Crippen molar-refractivity contribution in [3.8, 4) is 0 Å². The van der Waals surface area contributed by atoms with Crippen LogP contribution in [0.15, 0.2) is 12.2 Å². The van der Waals surface area contributed by atoms with Crippen molar-refractivity contribution in [2.24, 2.45) is 5.73 Å². The number of carbonyl (C=O) groups is 2. The number of hydrogen-bond acceptors (Lipinski definition) is 8. The predicted molar refractivity (Wildman–Crippen MR) is 169 cm³/mol. The number of carbonyl (C=O) groups excluding carboxylic acids is 2. The molecule has 0 aromatic heterocycles. The molecule has 3 N–H and O–H groups in total. The Balaban J connectivity index is 3.78. The third-order valence-electron chi connectivity index (χ3n) is 6.96. The predicted octanol–water partition coefficient (Wildman–Crippen LogP) is 8.32. The molecule has 0 saturated heterocycles. The van der Waals surface area contributed by atoms with Gasteiger partial charge in [0.1, 0.15) is 6.61 Å². The lowest BCUT2D eigenvalue weighted by molar-refractivity contribution is -0.161. The summed E-state index contributed by atoms with van der Waals surface area (Å²) in [6, 6.07) is 0. The van der Waals surface area contributed by atoms with E-state index in [1.165, 1.54) is 96.3 Å². The molecule has 10 heteroatoms. The Kier molecular flexibility index (Phi) is 28.9. The lowest BCUT2D eigenvalue weighted by atomic mass is 10.1. The number of phosphoric acid groups is 1. The van der Waals surface area contributed by atoms with Crippen LogP contribution in [0.5, 0.6) is 0 Å². The standard InChI is InChI=1S/C32H62NO8P/c1-3-5-6-7-8-9-10-11-12-13-14-15-16-17-18-19-20-21-22-23-24-25-32(35)41-30(28-38-31(34)4-2)29-40-42(36,37)39-27-26-33/h13-14,30H,3-12,15-29,33H2,1-2H3,(H,36,37)/b14-13-. The largest absolute Gasteiger partial charge is 0.472 e. The average molecular weight is 620 g/mol. The number of nitrogens with two attached hydrogens (primary N) is 1. The second-order valence-electron chi connectivity index (χ2n) is 11.0. The van der Waals surface area contributed by atoms with Crippen LogP contribution in [0.4, 0.5) is 0 Å². The van der Waals surface area contributed by atoms with Gasteiger partial charge in [0.25, 0.3) is 0 Å². The Labute approximate surface area is 256 Å². The summed E-state index contributed by atoms with van der Waals surface area (Å²) in [7, 11) is -4.33. The zero-order valence-corrected chi connectivity index (χ0v) is 27.6. The van der Waals surface area contributed by atoms with Gasteiger partial charge >= 0.3 is 19.8 Å². The molecule has 0 aliphatic rings. The highest BCUT2D eigenvalue weighted by atomic mass is 31.2. The Morgan fingerprint density at radius 1 is 0.714 bits per heavy atom. The van der Waals surface area contributed by atoms with E-state index in [9.17, 15) is 19.0 Å². The second-order valence-corrected chi connectivity index (χ2v) is 12.4. The van der Waals surface area contributed by atoms with Crippen LogP contribution in [0.1, 0.15) is 149 Å². The number of ether oxygens (including phenoxy) is 2. The van der Waals surface area contributed by atoms with E-state index in [-0.39, 0.29) is 32.6 Å². The normalized spacial score (nSPS) is 13.7. The number of esters is 2. The van der Waals surface area contributed by atoms with Crippen LogP contribution in [0, 0.1) is 0 Å². The first-order chi connectivity index (χ1) is 20.3. The van der Waals surface area contributed by atoms with Crippen LogP contribution in [-0.4, -0.2) is 49.3 Å². The number of hydrogen-bond donors (Lipinski definition) is 2. The first kappa shape index (κ1) is 40.8. The zero-order chi connectivity index (χ0) is 31.2. The number of phosphoric ester groups is 1. The van der Waals surface area contributed by atoms with Crippen LogP contribution in [0.2, 0.25) is 0 Å². The van der Waals surface area contributed by atoms with Crippen LogP contribution in [0.3, 0.4) is 0 Å². The maximum absolute atomic E-state index is 12.3. The third kappa shape index (κ3) is 28.9. The minimum absolute atomic E-state index is 0.0533. The molecule has 0 aromatic carbocycles. The van der Waals surface area contributed by atoms with Crippen molar-refractivity contribution in [3.05, 3.63) is 12.2 Å². The molecule has 2 unspecified atom stereocenters. The minimum Gasteiger partial charge on any atom is -0.462 e. The van der Waals surface area contributed by atoms with Gasteiger partial charge < -0.3 is 20.1 Å². The van der Waals surface area contributed by atoms with E-state index in [1.807, 2.05) is 0 Å². The van der Waals surface area contributed by atoms with Crippen molar-refractivity contribution in [3.63, 3.8) is 0 Å². The van der Waals surface area contributed by atoms with E-state index in [4.69, 9.17) is 19.7 Å². The monoisotopic (exact) mass is 619 g/mol.